The summed E-state index contributed by atoms with van der Waals surface area (Å²) >= 11 is 0. The molecule has 0 bridgehead atoms. The standard InChI is InChI=1S/C20H22FN5O/c1-12-7-8-13(21)10-15(12)26-17(11-16(25-26)20(2,3)4)24-19-14(18(22)27)6-5-9-23-19/h5-11H,1-4H3,(H2,22,27)(H,23,24). The molecule has 0 atom stereocenters. The van der Waals surface area contributed by atoms with Gasteiger partial charge in [0.15, 0.2) is 0 Å². The number of aryl methyl sites for hydroxylation is 1. The van der Waals surface area contributed by atoms with E-state index >= 15 is 0 Å². The number of carbonyl (C=O) groups excluding carboxylic acids is 1. The van der Waals surface area contributed by atoms with Crippen molar-refractivity contribution in [3.8, 4) is 5.69 Å². The first-order valence-electron chi connectivity index (χ1n) is 8.56. The molecular formula is C20H22FN5O. The fraction of sp³-hybridized carbons (Fsp3) is 0.250. The zero-order chi connectivity index (χ0) is 19.8. The average Bonchev–Trinajstić information content (AvgIpc) is 3.01. The number of pyridine rings is 1. The summed E-state index contributed by atoms with van der Waals surface area (Å²) in [7, 11) is 0. The fourth-order valence-corrected chi connectivity index (χ4v) is 2.66. The smallest absolute Gasteiger partial charge is 0.252 e. The van der Waals surface area contributed by atoms with Crippen LogP contribution in [0.2, 0.25) is 0 Å². The van der Waals surface area contributed by atoms with Crippen molar-refractivity contribution in [3.63, 3.8) is 0 Å². The predicted molar refractivity (Wildman–Crippen MR) is 103 cm³/mol. The van der Waals surface area contributed by atoms with Crippen LogP contribution < -0.4 is 11.1 Å². The van der Waals surface area contributed by atoms with E-state index in [1.54, 1.807) is 29.1 Å². The molecule has 1 aromatic carbocycles. The molecule has 0 spiro atoms. The van der Waals surface area contributed by atoms with E-state index in [9.17, 15) is 9.18 Å². The molecule has 0 fully saturated rings. The number of carbonyl (C=O) groups is 1. The number of primary amides is 1. The summed E-state index contributed by atoms with van der Waals surface area (Å²) in [5.74, 6) is -0.0600. The van der Waals surface area contributed by atoms with Crippen molar-refractivity contribution in [1.29, 1.82) is 0 Å². The highest BCUT2D eigenvalue weighted by Gasteiger charge is 2.22. The summed E-state index contributed by atoms with van der Waals surface area (Å²) in [6.07, 6.45) is 1.56. The Balaban J connectivity index is 2.16. The SMILES string of the molecule is Cc1ccc(F)cc1-n1nc(C(C)(C)C)cc1Nc1ncccc1C(N)=O. The molecular weight excluding hydrogens is 345 g/mol. The Morgan fingerprint density at radius 2 is 1.96 bits per heavy atom. The van der Waals surface area contributed by atoms with Crippen molar-refractivity contribution in [2.24, 2.45) is 5.73 Å². The maximum atomic E-state index is 13.9. The van der Waals surface area contributed by atoms with Gasteiger partial charge in [0.05, 0.1) is 16.9 Å². The van der Waals surface area contributed by atoms with Crippen molar-refractivity contribution in [2.75, 3.05) is 5.32 Å². The maximum absolute atomic E-state index is 13.9. The van der Waals surface area contributed by atoms with Crippen molar-refractivity contribution >= 4 is 17.5 Å². The highest BCUT2D eigenvalue weighted by molar-refractivity contribution is 5.98. The molecule has 0 aliphatic carbocycles. The minimum absolute atomic E-state index is 0.223. The third-order valence-electron chi connectivity index (χ3n) is 4.20. The number of benzene rings is 1. The second kappa shape index (κ2) is 6.83. The monoisotopic (exact) mass is 367 g/mol. The van der Waals surface area contributed by atoms with Crippen LogP contribution in [0, 0.1) is 12.7 Å². The number of hydrogen-bond acceptors (Lipinski definition) is 4. The normalized spacial score (nSPS) is 11.4. The van der Waals surface area contributed by atoms with Gasteiger partial charge < -0.3 is 11.1 Å². The summed E-state index contributed by atoms with van der Waals surface area (Å²) < 4.78 is 15.5. The first kappa shape index (κ1) is 18.6. The highest BCUT2D eigenvalue weighted by atomic mass is 19.1. The molecule has 0 saturated carbocycles. The van der Waals surface area contributed by atoms with Crippen LogP contribution in [0.15, 0.2) is 42.6 Å². The Hall–Kier alpha value is -3.22. The van der Waals surface area contributed by atoms with Crippen LogP contribution in [0.3, 0.4) is 0 Å². The van der Waals surface area contributed by atoms with Gasteiger partial charge in [0, 0.05) is 17.7 Å². The van der Waals surface area contributed by atoms with Gasteiger partial charge in [-0.3, -0.25) is 4.79 Å². The number of nitrogens with one attached hydrogen (secondary N) is 1. The molecule has 3 rings (SSSR count). The first-order chi connectivity index (χ1) is 12.7. The second-order valence-electron chi connectivity index (χ2n) is 7.40. The first-order valence-corrected chi connectivity index (χ1v) is 8.56. The highest BCUT2D eigenvalue weighted by Crippen LogP contribution is 2.29. The Morgan fingerprint density at radius 1 is 1.22 bits per heavy atom. The Bertz CT molecular complexity index is 1000. The van der Waals surface area contributed by atoms with E-state index in [-0.39, 0.29) is 16.8 Å². The van der Waals surface area contributed by atoms with Crippen molar-refractivity contribution in [2.45, 2.75) is 33.1 Å². The van der Waals surface area contributed by atoms with E-state index in [2.05, 4.69) is 15.4 Å². The van der Waals surface area contributed by atoms with Gasteiger partial charge in [0.1, 0.15) is 17.5 Å². The largest absolute Gasteiger partial charge is 0.365 e. The molecule has 1 amide bonds. The van der Waals surface area contributed by atoms with Crippen molar-refractivity contribution < 1.29 is 9.18 Å². The van der Waals surface area contributed by atoms with Gasteiger partial charge >= 0.3 is 0 Å². The molecule has 3 aromatic rings. The quantitative estimate of drug-likeness (QED) is 0.733. The number of nitrogens with zero attached hydrogens (tertiary/aromatic N) is 3. The third-order valence-corrected chi connectivity index (χ3v) is 4.20. The minimum Gasteiger partial charge on any atom is -0.365 e. The van der Waals surface area contributed by atoms with Gasteiger partial charge in [0.2, 0.25) is 0 Å². The van der Waals surface area contributed by atoms with Crippen LogP contribution in [0.25, 0.3) is 5.69 Å². The zero-order valence-corrected chi connectivity index (χ0v) is 15.7. The maximum Gasteiger partial charge on any atom is 0.252 e. The van der Waals surface area contributed by atoms with Crippen LogP contribution in [0.4, 0.5) is 16.0 Å². The lowest BCUT2D eigenvalue weighted by Gasteiger charge is -2.14. The summed E-state index contributed by atoms with van der Waals surface area (Å²) in [5, 5.41) is 7.79. The molecule has 3 N–H and O–H groups in total. The van der Waals surface area contributed by atoms with E-state index in [0.29, 0.717) is 17.3 Å². The zero-order valence-electron chi connectivity index (χ0n) is 15.7. The molecule has 2 aromatic heterocycles. The van der Waals surface area contributed by atoms with Crippen molar-refractivity contribution in [3.05, 3.63) is 65.2 Å². The molecule has 7 heteroatoms. The van der Waals surface area contributed by atoms with E-state index in [1.807, 2.05) is 33.8 Å². The lowest BCUT2D eigenvalue weighted by atomic mass is 9.92. The van der Waals surface area contributed by atoms with Crippen LogP contribution in [0.1, 0.15) is 42.4 Å². The summed E-state index contributed by atoms with van der Waals surface area (Å²) in [4.78, 5) is 15.9. The van der Waals surface area contributed by atoms with E-state index in [1.165, 1.54) is 12.1 Å². The second-order valence-corrected chi connectivity index (χ2v) is 7.40. The number of amides is 1. The number of aromatic nitrogens is 3. The van der Waals surface area contributed by atoms with Gasteiger partial charge in [-0.2, -0.15) is 5.10 Å². The minimum atomic E-state index is -0.588. The van der Waals surface area contributed by atoms with Gasteiger partial charge in [-0.05, 0) is 36.8 Å². The lowest BCUT2D eigenvalue weighted by Crippen LogP contribution is -2.15. The Labute approximate surface area is 157 Å². The van der Waals surface area contributed by atoms with Gasteiger partial charge in [0.25, 0.3) is 5.91 Å². The Morgan fingerprint density at radius 3 is 2.63 bits per heavy atom. The van der Waals surface area contributed by atoms with Gasteiger partial charge in [-0.15, -0.1) is 0 Å². The number of halogens is 1. The third kappa shape index (κ3) is 3.81. The number of hydrogen-bond donors (Lipinski definition) is 2. The molecule has 0 radical (unpaired) electrons. The summed E-state index contributed by atoms with van der Waals surface area (Å²) in [6, 6.07) is 9.63. The topological polar surface area (TPSA) is 85.8 Å². The lowest BCUT2D eigenvalue weighted by molar-refractivity contribution is 0.100. The molecule has 6 nitrogen and oxygen atoms in total. The van der Waals surface area contributed by atoms with Gasteiger partial charge in [-0.25, -0.2) is 14.1 Å². The summed E-state index contributed by atoms with van der Waals surface area (Å²) in [6.45, 7) is 8.00. The Kier molecular flexibility index (Phi) is 4.70. The summed E-state index contributed by atoms with van der Waals surface area (Å²) in [5.41, 5.74) is 7.76. The number of rotatable bonds is 4. The van der Waals surface area contributed by atoms with E-state index in [0.717, 1.165) is 11.3 Å². The molecule has 2 heterocycles. The number of anilines is 2. The molecule has 0 aliphatic rings. The van der Waals surface area contributed by atoms with Crippen LogP contribution in [-0.4, -0.2) is 20.7 Å². The number of nitrogens with two attached hydrogens (primary N) is 1. The van der Waals surface area contributed by atoms with E-state index < -0.39 is 5.91 Å². The molecule has 0 aliphatic heterocycles. The molecule has 140 valence electrons. The van der Waals surface area contributed by atoms with Gasteiger partial charge in [-0.1, -0.05) is 26.8 Å². The van der Waals surface area contributed by atoms with Crippen LogP contribution in [0.5, 0.6) is 0 Å². The fourth-order valence-electron chi connectivity index (χ4n) is 2.66. The predicted octanol–water partition coefficient (Wildman–Crippen LogP) is 3.85. The van der Waals surface area contributed by atoms with E-state index in [4.69, 9.17) is 5.73 Å². The van der Waals surface area contributed by atoms with Crippen LogP contribution >= 0.6 is 0 Å². The average molecular weight is 367 g/mol. The van der Waals surface area contributed by atoms with Crippen LogP contribution in [-0.2, 0) is 5.41 Å². The molecule has 27 heavy (non-hydrogen) atoms. The molecule has 0 unspecified atom stereocenters. The van der Waals surface area contributed by atoms with Crippen molar-refractivity contribution in [1.82, 2.24) is 14.8 Å². The molecule has 0 saturated heterocycles.